The van der Waals surface area contributed by atoms with Crippen molar-refractivity contribution in [1.82, 2.24) is 9.55 Å². The van der Waals surface area contributed by atoms with Crippen LogP contribution < -0.4 is 10.1 Å². The molecule has 0 aliphatic carbocycles. The smallest absolute Gasteiger partial charge is 0.202 e. The molecule has 0 fully saturated rings. The topological polar surface area (TPSA) is 39.1 Å². The lowest BCUT2D eigenvalue weighted by molar-refractivity contribution is 0.299. The molecule has 1 heterocycles. The Bertz CT molecular complexity index is 508. The second-order valence-electron chi connectivity index (χ2n) is 4.54. The van der Waals surface area contributed by atoms with Gasteiger partial charge in [-0.15, -0.1) is 0 Å². The predicted molar refractivity (Wildman–Crippen MR) is 77.7 cm³/mol. The molecule has 2 aromatic rings. The van der Waals surface area contributed by atoms with Crippen molar-refractivity contribution in [3.05, 3.63) is 42.2 Å². The number of rotatable bonds is 7. The summed E-state index contributed by atoms with van der Waals surface area (Å²) in [7, 11) is 0. The molecule has 19 heavy (non-hydrogen) atoms. The molecule has 0 bridgehead atoms. The van der Waals surface area contributed by atoms with Crippen LogP contribution >= 0.6 is 0 Å². The number of nitrogens with one attached hydrogen (secondary N) is 1. The average molecular weight is 259 g/mol. The van der Waals surface area contributed by atoms with E-state index in [4.69, 9.17) is 4.74 Å². The number of hydrogen-bond donors (Lipinski definition) is 1. The summed E-state index contributed by atoms with van der Waals surface area (Å²) in [5.41, 5.74) is 1.21. The van der Waals surface area contributed by atoms with Gasteiger partial charge in [0.15, 0.2) is 0 Å². The highest BCUT2D eigenvalue weighted by molar-refractivity contribution is 5.27. The standard InChI is InChI=1S/C15H21N3O/c1-3-7-16-15-17-8-9-18(15)10-11-19-14-6-4-5-13(2)12-14/h4-6,8-9,12H,3,7,10-11H2,1-2H3,(H,16,17). The molecule has 0 saturated carbocycles. The minimum Gasteiger partial charge on any atom is -0.492 e. The first-order valence-electron chi connectivity index (χ1n) is 6.74. The maximum absolute atomic E-state index is 5.74. The Balaban J connectivity index is 1.84. The molecular formula is C15H21N3O. The van der Waals surface area contributed by atoms with Gasteiger partial charge in [-0.3, -0.25) is 0 Å². The Kier molecular flexibility index (Phi) is 4.84. The Hall–Kier alpha value is -1.97. The van der Waals surface area contributed by atoms with Gasteiger partial charge in [0.25, 0.3) is 0 Å². The molecule has 0 saturated heterocycles. The molecule has 2 rings (SSSR count). The van der Waals surface area contributed by atoms with Gasteiger partial charge in [-0.1, -0.05) is 19.1 Å². The van der Waals surface area contributed by atoms with Crippen molar-refractivity contribution in [3.8, 4) is 5.75 Å². The van der Waals surface area contributed by atoms with E-state index in [-0.39, 0.29) is 0 Å². The van der Waals surface area contributed by atoms with E-state index in [0.29, 0.717) is 6.61 Å². The van der Waals surface area contributed by atoms with E-state index >= 15 is 0 Å². The van der Waals surface area contributed by atoms with E-state index in [1.54, 1.807) is 0 Å². The van der Waals surface area contributed by atoms with Crippen LogP contribution in [0.25, 0.3) is 0 Å². The number of anilines is 1. The number of benzene rings is 1. The van der Waals surface area contributed by atoms with Crippen LogP contribution in [0.15, 0.2) is 36.7 Å². The first kappa shape index (κ1) is 13.5. The quantitative estimate of drug-likeness (QED) is 0.830. The van der Waals surface area contributed by atoms with Crippen molar-refractivity contribution in [1.29, 1.82) is 0 Å². The first-order valence-corrected chi connectivity index (χ1v) is 6.74. The summed E-state index contributed by atoms with van der Waals surface area (Å²) in [5.74, 6) is 1.83. The normalized spacial score (nSPS) is 10.4. The van der Waals surface area contributed by atoms with E-state index in [1.807, 2.05) is 30.6 Å². The van der Waals surface area contributed by atoms with Gasteiger partial charge in [0.2, 0.25) is 5.95 Å². The maximum Gasteiger partial charge on any atom is 0.202 e. The molecule has 0 aliphatic rings. The number of ether oxygens (including phenoxy) is 1. The Morgan fingerprint density at radius 1 is 1.37 bits per heavy atom. The van der Waals surface area contributed by atoms with Gasteiger partial charge in [0.1, 0.15) is 12.4 Å². The van der Waals surface area contributed by atoms with Crippen molar-refractivity contribution in [2.75, 3.05) is 18.5 Å². The minimum atomic E-state index is 0.640. The summed E-state index contributed by atoms with van der Waals surface area (Å²) in [6, 6.07) is 8.10. The zero-order valence-electron chi connectivity index (χ0n) is 11.6. The van der Waals surface area contributed by atoms with Crippen molar-refractivity contribution < 1.29 is 4.74 Å². The second-order valence-corrected chi connectivity index (χ2v) is 4.54. The van der Waals surface area contributed by atoms with Crippen LogP contribution in [-0.4, -0.2) is 22.7 Å². The Morgan fingerprint density at radius 3 is 3.05 bits per heavy atom. The molecule has 0 amide bonds. The third-order valence-electron chi connectivity index (χ3n) is 2.84. The van der Waals surface area contributed by atoms with Gasteiger partial charge in [-0.05, 0) is 31.0 Å². The molecule has 102 valence electrons. The predicted octanol–water partition coefficient (Wildman–Crippen LogP) is 3.09. The molecular weight excluding hydrogens is 238 g/mol. The third kappa shape index (κ3) is 4.02. The number of aromatic nitrogens is 2. The minimum absolute atomic E-state index is 0.640. The molecule has 4 nitrogen and oxygen atoms in total. The van der Waals surface area contributed by atoms with Gasteiger partial charge >= 0.3 is 0 Å². The summed E-state index contributed by atoms with van der Waals surface area (Å²) < 4.78 is 7.82. The molecule has 1 aromatic carbocycles. The first-order chi connectivity index (χ1) is 9.29. The lowest BCUT2D eigenvalue weighted by atomic mass is 10.2. The van der Waals surface area contributed by atoms with E-state index in [0.717, 1.165) is 31.2 Å². The average Bonchev–Trinajstić information content (AvgIpc) is 2.84. The SMILES string of the molecule is CCCNc1nccn1CCOc1cccc(C)c1. The van der Waals surface area contributed by atoms with E-state index in [1.165, 1.54) is 5.56 Å². The van der Waals surface area contributed by atoms with Gasteiger partial charge in [-0.2, -0.15) is 0 Å². The molecule has 0 unspecified atom stereocenters. The van der Waals surface area contributed by atoms with Crippen LogP contribution in [-0.2, 0) is 6.54 Å². The van der Waals surface area contributed by atoms with Crippen LogP contribution in [0.3, 0.4) is 0 Å². The van der Waals surface area contributed by atoms with E-state index in [9.17, 15) is 0 Å². The van der Waals surface area contributed by atoms with Gasteiger partial charge in [0, 0.05) is 18.9 Å². The highest BCUT2D eigenvalue weighted by atomic mass is 16.5. The fourth-order valence-electron chi connectivity index (χ4n) is 1.86. The summed E-state index contributed by atoms with van der Waals surface area (Å²) in [6.45, 7) is 6.58. The van der Waals surface area contributed by atoms with Crippen LogP contribution in [0.4, 0.5) is 5.95 Å². The monoisotopic (exact) mass is 259 g/mol. The van der Waals surface area contributed by atoms with Gasteiger partial charge < -0.3 is 14.6 Å². The highest BCUT2D eigenvalue weighted by Gasteiger charge is 2.01. The second kappa shape index (κ2) is 6.83. The maximum atomic E-state index is 5.74. The van der Waals surface area contributed by atoms with Gasteiger partial charge in [0.05, 0.1) is 6.54 Å². The summed E-state index contributed by atoms with van der Waals surface area (Å²) >= 11 is 0. The largest absolute Gasteiger partial charge is 0.492 e. The van der Waals surface area contributed by atoms with Crippen molar-refractivity contribution in [3.63, 3.8) is 0 Å². The molecule has 0 radical (unpaired) electrons. The Labute approximate surface area is 114 Å². The zero-order chi connectivity index (χ0) is 13.5. The molecule has 0 atom stereocenters. The lowest BCUT2D eigenvalue weighted by Gasteiger charge is -2.10. The molecule has 4 heteroatoms. The number of imidazole rings is 1. The number of nitrogens with zero attached hydrogens (tertiary/aromatic N) is 2. The molecule has 1 N–H and O–H groups in total. The van der Waals surface area contributed by atoms with Crippen molar-refractivity contribution in [2.24, 2.45) is 0 Å². The Morgan fingerprint density at radius 2 is 2.26 bits per heavy atom. The van der Waals surface area contributed by atoms with E-state index < -0.39 is 0 Å². The molecule has 0 aliphatic heterocycles. The fourth-order valence-corrected chi connectivity index (χ4v) is 1.86. The summed E-state index contributed by atoms with van der Waals surface area (Å²) in [5, 5.41) is 3.30. The van der Waals surface area contributed by atoms with Crippen LogP contribution in [0, 0.1) is 6.92 Å². The number of aryl methyl sites for hydroxylation is 1. The summed E-state index contributed by atoms with van der Waals surface area (Å²) in [4.78, 5) is 4.29. The third-order valence-corrected chi connectivity index (χ3v) is 2.84. The summed E-state index contributed by atoms with van der Waals surface area (Å²) in [6.07, 6.45) is 4.87. The number of hydrogen-bond acceptors (Lipinski definition) is 3. The molecule has 0 spiro atoms. The van der Waals surface area contributed by atoms with Crippen LogP contribution in [0.1, 0.15) is 18.9 Å². The molecule has 1 aromatic heterocycles. The van der Waals surface area contributed by atoms with Crippen LogP contribution in [0.5, 0.6) is 5.75 Å². The highest BCUT2D eigenvalue weighted by Crippen LogP contribution is 2.12. The van der Waals surface area contributed by atoms with Crippen molar-refractivity contribution >= 4 is 5.95 Å². The van der Waals surface area contributed by atoms with E-state index in [2.05, 4.69) is 34.8 Å². The fraction of sp³-hybridized carbons (Fsp3) is 0.400. The van der Waals surface area contributed by atoms with Crippen LogP contribution in [0.2, 0.25) is 0 Å². The van der Waals surface area contributed by atoms with Gasteiger partial charge in [-0.25, -0.2) is 4.98 Å². The lowest BCUT2D eigenvalue weighted by Crippen LogP contribution is -2.12. The zero-order valence-corrected chi connectivity index (χ0v) is 11.6. The van der Waals surface area contributed by atoms with Crippen molar-refractivity contribution in [2.45, 2.75) is 26.8 Å².